The topological polar surface area (TPSA) is 62.4 Å². The van der Waals surface area contributed by atoms with Gasteiger partial charge in [0.15, 0.2) is 6.10 Å². The highest BCUT2D eigenvalue weighted by molar-refractivity contribution is 6.11. The Morgan fingerprint density at radius 3 is 2.22 bits per heavy atom. The molecule has 0 aliphatic rings. The first kappa shape index (κ1) is 21.4. The quantitative estimate of drug-likeness (QED) is 0.286. The van der Waals surface area contributed by atoms with Crippen molar-refractivity contribution in [3.63, 3.8) is 0 Å². The monoisotopic (exact) mass is 426 g/mol. The van der Waals surface area contributed by atoms with Gasteiger partial charge in [0.2, 0.25) is 5.78 Å². The van der Waals surface area contributed by atoms with Crippen LogP contribution in [-0.4, -0.2) is 29.8 Å². The van der Waals surface area contributed by atoms with E-state index in [1.807, 2.05) is 54.6 Å². The minimum atomic E-state index is -1.04. The van der Waals surface area contributed by atoms with Crippen LogP contribution >= 0.6 is 0 Å². The van der Waals surface area contributed by atoms with Crippen LogP contribution in [0.3, 0.4) is 0 Å². The van der Waals surface area contributed by atoms with E-state index in [0.29, 0.717) is 16.7 Å². The summed E-state index contributed by atoms with van der Waals surface area (Å²) >= 11 is 0. The highest BCUT2D eigenvalue weighted by Gasteiger charge is 2.28. The minimum absolute atomic E-state index is 0.262. The van der Waals surface area contributed by atoms with Gasteiger partial charge in [-0.3, -0.25) is 4.79 Å². The number of para-hydroxylation sites is 1. The van der Waals surface area contributed by atoms with Crippen LogP contribution in [0.2, 0.25) is 0 Å². The Morgan fingerprint density at radius 1 is 0.875 bits per heavy atom. The van der Waals surface area contributed by atoms with Gasteiger partial charge in [0.05, 0.1) is 5.56 Å². The molecule has 0 fully saturated rings. The first-order valence-electron chi connectivity index (χ1n) is 10.8. The first-order valence-corrected chi connectivity index (χ1v) is 10.8. The standard InChI is InChI=1S/C27H26N2O3/c1-3-29(4-2)21-16-14-20(15-17-21)27(31)32-26(19-10-6-5-7-11-19)25(30)23-18-28-24-13-9-8-12-22(23)24/h5-18,26,28H,3-4H2,1-2H3/t26-/m0/s1. The second kappa shape index (κ2) is 9.52. The van der Waals surface area contributed by atoms with E-state index in [9.17, 15) is 9.59 Å². The van der Waals surface area contributed by atoms with Crippen molar-refractivity contribution < 1.29 is 14.3 Å². The Morgan fingerprint density at radius 2 is 1.53 bits per heavy atom. The summed E-state index contributed by atoms with van der Waals surface area (Å²) in [6.07, 6.45) is 0.640. The zero-order valence-corrected chi connectivity index (χ0v) is 18.2. The first-order chi connectivity index (χ1) is 15.6. The zero-order chi connectivity index (χ0) is 22.5. The Hall–Kier alpha value is -3.86. The van der Waals surface area contributed by atoms with Gasteiger partial charge in [0, 0.05) is 47.0 Å². The summed E-state index contributed by atoms with van der Waals surface area (Å²) in [5.74, 6) is -0.792. The second-order valence-electron chi connectivity index (χ2n) is 7.53. The molecule has 1 atom stereocenters. The van der Waals surface area contributed by atoms with Crippen molar-refractivity contribution in [1.29, 1.82) is 0 Å². The van der Waals surface area contributed by atoms with Crippen LogP contribution in [0, 0.1) is 0 Å². The number of carbonyl (C=O) groups is 2. The molecule has 0 spiro atoms. The molecule has 0 aliphatic carbocycles. The highest BCUT2D eigenvalue weighted by Crippen LogP contribution is 2.28. The average molecular weight is 427 g/mol. The molecule has 0 saturated heterocycles. The lowest BCUT2D eigenvalue weighted by Crippen LogP contribution is -2.22. The van der Waals surface area contributed by atoms with Gasteiger partial charge in [-0.05, 0) is 44.2 Å². The van der Waals surface area contributed by atoms with Gasteiger partial charge >= 0.3 is 5.97 Å². The number of Topliss-reactive ketones (excluding diaryl/α,β-unsaturated/α-hetero) is 1. The van der Waals surface area contributed by atoms with Gasteiger partial charge in [-0.15, -0.1) is 0 Å². The number of hydrogen-bond acceptors (Lipinski definition) is 4. The average Bonchev–Trinajstić information content (AvgIpc) is 3.28. The molecule has 1 N–H and O–H groups in total. The van der Waals surface area contributed by atoms with Crippen LogP contribution < -0.4 is 4.90 Å². The van der Waals surface area contributed by atoms with Crippen molar-refractivity contribution in [3.8, 4) is 0 Å². The summed E-state index contributed by atoms with van der Waals surface area (Å²) in [5.41, 5.74) is 3.45. The number of hydrogen-bond donors (Lipinski definition) is 1. The number of aromatic nitrogens is 1. The van der Waals surface area contributed by atoms with E-state index in [1.165, 1.54) is 0 Å². The largest absolute Gasteiger partial charge is 0.445 e. The third-order valence-electron chi connectivity index (χ3n) is 5.65. The van der Waals surface area contributed by atoms with Crippen LogP contribution in [0.1, 0.15) is 46.2 Å². The molecule has 1 heterocycles. The van der Waals surface area contributed by atoms with E-state index in [4.69, 9.17) is 4.74 Å². The van der Waals surface area contributed by atoms with E-state index in [-0.39, 0.29) is 5.78 Å². The van der Waals surface area contributed by atoms with E-state index in [2.05, 4.69) is 23.7 Å². The summed E-state index contributed by atoms with van der Waals surface area (Å²) in [5, 5.41) is 0.804. The fourth-order valence-electron chi connectivity index (χ4n) is 3.89. The number of anilines is 1. The summed E-state index contributed by atoms with van der Waals surface area (Å²) in [7, 11) is 0. The fraction of sp³-hybridized carbons (Fsp3) is 0.185. The Labute approximate surface area is 187 Å². The summed E-state index contributed by atoms with van der Waals surface area (Å²) < 4.78 is 5.79. The van der Waals surface area contributed by atoms with E-state index in [0.717, 1.165) is 29.7 Å². The van der Waals surface area contributed by atoms with Gasteiger partial charge in [0.25, 0.3) is 0 Å². The SMILES string of the molecule is CCN(CC)c1ccc(C(=O)O[C@H](C(=O)c2c[nH]c3ccccc23)c2ccccc2)cc1. The second-order valence-corrected chi connectivity index (χ2v) is 7.53. The van der Waals surface area contributed by atoms with Crippen LogP contribution in [0.5, 0.6) is 0 Å². The van der Waals surface area contributed by atoms with Crippen molar-refractivity contribution in [2.45, 2.75) is 20.0 Å². The maximum atomic E-state index is 13.5. The predicted molar refractivity (Wildman–Crippen MR) is 127 cm³/mol. The van der Waals surface area contributed by atoms with Gasteiger partial charge in [-0.25, -0.2) is 4.79 Å². The maximum Gasteiger partial charge on any atom is 0.339 e. The summed E-state index contributed by atoms with van der Waals surface area (Å²) in [6, 6.07) is 24.0. The summed E-state index contributed by atoms with van der Waals surface area (Å²) in [6.45, 7) is 5.95. The molecular formula is C27H26N2O3. The van der Waals surface area contributed by atoms with Crippen molar-refractivity contribution in [2.75, 3.05) is 18.0 Å². The number of ether oxygens (including phenoxy) is 1. The van der Waals surface area contributed by atoms with E-state index in [1.54, 1.807) is 30.5 Å². The lowest BCUT2D eigenvalue weighted by atomic mass is 9.99. The number of aromatic amines is 1. The third kappa shape index (κ3) is 4.28. The number of benzene rings is 3. The van der Waals surface area contributed by atoms with Gasteiger partial charge < -0.3 is 14.6 Å². The number of nitrogens with one attached hydrogen (secondary N) is 1. The van der Waals surface area contributed by atoms with Crippen molar-refractivity contribution in [3.05, 3.63) is 102 Å². The van der Waals surface area contributed by atoms with Crippen LogP contribution in [0.15, 0.2) is 85.1 Å². The van der Waals surface area contributed by atoms with Crippen LogP contribution in [-0.2, 0) is 4.74 Å². The van der Waals surface area contributed by atoms with Gasteiger partial charge in [-0.1, -0.05) is 48.5 Å². The molecule has 5 nitrogen and oxygen atoms in total. The molecule has 0 amide bonds. The molecule has 0 saturated carbocycles. The molecular weight excluding hydrogens is 400 g/mol. The lowest BCUT2D eigenvalue weighted by molar-refractivity contribution is 0.0280. The maximum absolute atomic E-state index is 13.5. The number of esters is 1. The number of rotatable bonds is 8. The molecule has 0 bridgehead atoms. The normalized spacial score (nSPS) is 11.8. The summed E-state index contributed by atoms with van der Waals surface area (Å²) in [4.78, 5) is 31.8. The van der Waals surface area contributed by atoms with Gasteiger partial charge in [-0.2, -0.15) is 0 Å². The third-order valence-corrected chi connectivity index (χ3v) is 5.65. The van der Waals surface area contributed by atoms with Gasteiger partial charge in [0.1, 0.15) is 0 Å². The number of carbonyl (C=O) groups excluding carboxylic acids is 2. The molecule has 4 rings (SSSR count). The molecule has 0 radical (unpaired) electrons. The molecule has 1 aromatic heterocycles. The Balaban J connectivity index is 1.63. The number of ketones is 1. The molecule has 4 aromatic rings. The number of fused-ring (bicyclic) bond motifs is 1. The molecule has 5 heteroatoms. The molecule has 0 aliphatic heterocycles. The fourth-order valence-corrected chi connectivity index (χ4v) is 3.89. The molecule has 32 heavy (non-hydrogen) atoms. The number of nitrogens with zero attached hydrogens (tertiary/aromatic N) is 1. The van der Waals surface area contributed by atoms with Crippen LogP contribution in [0.4, 0.5) is 5.69 Å². The predicted octanol–water partition coefficient (Wildman–Crippen LogP) is 5.80. The van der Waals surface area contributed by atoms with Crippen LogP contribution in [0.25, 0.3) is 10.9 Å². The highest BCUT2D eigenvalue weighted by atomic mass is 16.5. The molecule has 3 aromatic carbocycles. The van der Waals surface area contributed by atoms with Crippen molar-refractivity contribution in [1.82, 2.24) is 4.98 Å². The Kier molecular flexibility index (Phi) is 6.36. The lowest BCUT2D eigenvalue weighted by Gasteiger charge is -2.21. The van der Waals surface area contributed by atoms with Crippen molar-refractivity contribution >= 4 is 28.3 Å². The van der Waals surface area contributed by atoms with Crippen molar-refractivity contribution in [2.24, 2.45) is 0 Å². The molecule has 162 valence electrons. The Bertz CT molecular complexity index is 1210. The van der Waals surface area contributed by atoms with E-state index >= 15 is 0 Å². The van der Waals surface area contributed by atoms with E-state index < -0.39 is 12.1 Å². The molecule has 0 unspecified atom stereocenters. The smallest absolute Gasteiger partial charge is 0.339 e. The zero-order valence-electron chi connectivity index (χ0n) is 18.2. The number of H-pyrrole nitrogens is 1. The minimum Gasteiger partial charge on any atom is -0.445 e.